The van der Waals surface area contributed by atoms with Crippen LogP contribution in [0.4, 0.5) is 0 Å². The number of hydrogen-bond donors (Lipinski definition) is 0. The third-order valence-corrected chi connectivity index (χ3v) is 5.29. The molecule has 0 spiro atoms. The number of ether oxygens (including phenoxy) is 1. The largest absolute Gasteiger partial charge is 0.459 e. The lowest BCUT2D eigenvalue weighted by molar-refractivity contribution is -0.145. The summed E-state index contributed by atoms with van der Waals surface area (Å²) in [6.45, 7) is 6.51. The van der Waals surface area contributed by atoms with E-state index < -0.39 is 5.97 Å². The fourth-order valence-electron chi connectivity index (χ4n) is 2.02. The molecule has 1 amide bonds. The van der Waals surface area contributed by atoms with E-state index in [0.717, 1.165) is 13.1 Å². The molecule has 0 atom stereocenters. The summed E-state index contributed by atoms with van der Waals surface area (Å²) in [5.74, 6) is -0.736. The first-order valence-corrected chi connectivity index (χ1v) is 8.66. The minimum atomic E-state index is -0.521. The molecule has 2 rings (SSSR count). The van der Waals surface area contributed by atoms with Crippen LogP contribution in [0.25, 0.3) is 0 Å². The SMILES string of the molecule is CC(C)OC(=O)C(C(=O)N1CCN(C)CC1)=C1SC=CS1. The van der Waals surface area contributed by atoms with Crippen molar-refractivity contribution in [2.75, 3.05) is 33.2 Å². The number of nitrogens with zero attached hydrogens (tertiary/aromatic N) is 2. The van der Waals surface area contributed by atoms with Crippen molar-refractivity contribution in [2.45, 2.75) is 20.0 Å². The lowest BCUT2D eigenvalue weighted by Crippen LogP contribution is -2.48. The molecule has 5 nitrogen and oxygen atoms in total. The fraction of sp³-hybridized carbons (Fsp3) is 0.571. The van der Waals surface area contributed by atoms with E-state index in [0.29, 0.717) is 17.3 Å². The lowest BCUT2D eigenvalue weighted by atomic mass is 10.2. The maximum atomic E-state index is 12.7. The first kappa shape index (κ1) is 16.5. The highest BCUT2D eigenvalue weighted by atomic mass is 32.2. The van der Waals surface area contributed by atoms with Crippen LogP contribution in [0.15, 0.2) is 20.6 Å². The summed E-state index contributed by atoms with van der Waals surface area (Å²) in [4.78, 5) is 28.9. The van der Waals surface area contributed by atoms with Crippen LogP contribution in [0.1, 0.15) is 13.8 Å². The molecule has 0 unspecified atom stereocenters. The summed E-state index contributed by atoms with van der Waals surface area (Å²) in [5.41, 5.74) is 0.174. The monoisotopic (exact) mass is 328 g/mol. The van der Waals surface area contributed by atoms with Crippen LogP contribution < -0.4 is 0 Å². The van der Waals surface area contributed by atoms with Crippen molar-refractivity contribution in [1.82, 2.24) is 9.80 Å². The molecule has 21 heavy (non-hydrogen) atoms. The minimum Gasteiger partial charge on any atom is -0.459 e. The number of esters is 1. The molecule has 0 aromatic rings. The summed E-state index contributed by atoms with van der Waals surface area (Å²) >= 11 is 2.80. The molecule has 1 saturated heterocycles. The van der Waals surface area contributed by atoms with Crippen molar-refractivity contribution in [2.24, 2.45) is 0 Å². The molecule has 2 aliphatic heterocycles. The second-order valence-corrected chi connectivity index (χ2v) is 7.31. The normalized spacial score (nSPS) is 19.2. The number of thioether (sulfide) groups is 2. The summed E-state index contributed by atoms with van der Waals surface area (Å²) in [7, 11) is 2.03. The third kappa shape index (κ3) is 4.28. The molecule has 0 aliphatic carbocycles. The van der Waals surface area contributed by atoms with E-state index in [4.69, 9.17) is 4.74 Å². The molecular formula is C14H20N2O3S2. The van der Waals surface area contributed by atoms with Crippen LogP contribution in [0.2, 0.25) is 0 Å². The number of amides is 1. The van der Waals surface area contributed by atoms with E-state index in [1.165, 1.54) is 23.5 Å². The summed E-state index contributed by atoms with van der Waals surface area (Å²) < 4.78 is 5.96. The first-order valence-electron chi connectivity index (χ1n) is 6.90. The van der Waals surface area contributed by atoms with Gasteiger partial charge in [0.15, 0.2) is 0 Å². The lowest BCUT2D eigenvalue weighted by Gasteiger charge is -2.32. The predicted molar refractivity (Wildman–Crippen MR) is 86.7 cm³/mol. The Morgan fingerprint density at radius 1 is 1.14 bits per heavy atom. The van der Waals surface area contributed by atoms with Gasteiger partial charge in [-0.05, 0) is 31.7 Å². The number of carbonyl (C=O) groups excluding carboxylic acids is 2. The summed E-state index contributed by atoms with van der Waals surface area (Å²) in [5, 5.41) is 3.75. The van der Waals surface area contributed by atoms with Crippen LogP contribution in [0, 0.1) is 0 Å². The number of rotatable bonds is 3. The Morgan fingerprint density at radius 2 is 1.71 bits per heavy atom. The standard InChI is InChI=1S/C14H20N2O3S2/c1-10(2)19-13(18)11(14-20-8-9-21-14)12(17)16-6-4-15(3)5-7-16/h8-10H,4-7H2,1-3H3. The fourth-order valence-corrected chi connectivity index (χ4v) is 3.85. The quantitative estimate of drug-likeness (QED) is 0.341. The van der Waals surface area contributed by atoms with Gasteiger partial charge in [-0.15, -0.1) is 0 Å². The van der Waals surface area contributed by atoms with Gasteiger partial charge in [0.25, 0.3) is 5.91 Å². The highest BCUT2D eigenvalue weighted by Gasteiger charge is 2.31. The average Bonchev–Trinajstić information content (AvgIpc) is 2.92. The van der Waals surface area contributed by atoms with Gasteiger partial charge >= 0.3 is 5.97 Å². The van der Waals surface area contributed by atoms with Crippen LogP contribution in [-0.2, 0) is 14.3 Å². The number of piperazine rings is 1. The molecule has 0 bridgehead atoms. The maximum absolute atomic E-state index is 12.7. The zero-order valence-electron chi connectivity index (χ0n) is 12.5. The van der Waals surface area contributed by atoms with Gasteiger partial charge < -0.3 is 14.5 Å². The molecule has 7 heteroatoms. The van der Waals surface area contributed by atoms with Crippen LogP contribution >= 0.6 is 23.5 Å². The van der Waals surface area contributed by atoms with Crippen LogP contribution in [0.5, 0.6) is 0 Å². The zero-order valence-corrected chi connectivity index (χ0v) is 14.1. The smallest absolute Gasteiger partial charge is 0.345 e. The van der Waals surface area contributed by atoms with Crippen LogP contribution in [0.3, 0.4) is 0 Å². The van der Waals surface area contributed by atoms with Gasteiger partial charge in [0.1, 0.15) is 5.57 Å². The van der Waals surface area contributed by atoms with Crippen molar-refractivity contribution >= 4 is 35.4 Å². The number of carbonyl (C=O) groups is 2. The Morgan fingerprint density at radius 3 is 2.24 bits per heavy atom. The van der Waals surface area contributed by atoms with Crippen molar-refractivity contribution in [1.29, 1.82) is 0 Å². The Kier molecular flexibility index (Phi) is 5.78. The van der Waals surface area contributed by atoms with E-state index >= 15 is 0 Å². The Balaban J connectivity index is 2.17. The van der Waals surface area contributed by atoms with E-state index in [1.807, 2.05) is 17.9 Å². The minimum absolute atomic E-state index is 0.174. The number of hydrogen-bond acceptors (Lipinski definition) is 6. The van der Waals surface area contributed by atoms with Crippen LogP contribution in [-0.4, -0.2) is 61.0 Å². The Bertz CT molecular complexity index is 471. The van der Waals surface area contributed by atoms with Crippen molar-refractivity contribution in [3.8, 4) is 0 Å². The molecule has 2 heterocycles. The Hall–Kier alpha value is -0.920. The predicted octanol–water partition coefficient (Wildman–Crippen LogP) is 1.87. The molecule has 0 aromatic carbocycles. The van der Waals surface area contributed by atoms with Gasteiger partial charge in [0.05, 0.1) is 10.3 Å². The zero-order chi connectivity index (χ0) is 15.4. The van der Waals surface area contributed by atoms with Crippen molar-refractivity contribution in [3.05, 3.63) is 20.6 Å². The third-order valence-electron chi connectivity index (χ3n) is 3.16. The average molecular weight is 328 g/mol. The molecule has 1 fully saturated rings. The van der Waals surface area contributed by atoms with E-state index in [-0.39, 0.29) is 17.6 Å². The van der Waals surface area contributed by atoms with Gasteiger partial charge in [-0.1, -0.05) is 23.5 Å². The second-order valence-electron chi connectivity index (χ2n) is 5.22. The first-order chi connectivity index (χ1) is 9.99. The van der Waals surface area contributed by atoms with E-state index in [2.05, 4.69) is 4.90 Å². The molecule has 0 radical (unpaired) electrons. The molecule has 2 aliphatic rings. The van der Waals surface area contributed by atoms with Crippen molar-refractivity contribution in [3.63, 3.8) is 0 Å². The van der Waals surface area contributed by atoms with Crippen molar-refractivity contribution < 1.29 is 14.3 Å². The molecule has 0 N–H and O–H groups in total. The number of likely N-dealkylation sites (N-methyl/N-ethyl adjacent to an activating group) is 1. The second kappa shape index (κ2) is 7.38. The van der Waals surface area contributed by atoms with Gasteiger partial charge in [-0.2, -0.15) is 0 Å². The highest BCUT2D eigenvalue weighted by molar-refractivity contribution is 8.27. The highest BCUT2D eigenvalue weighted by Crippen LogP contribution is 2.40. The van der Waals surface area contributed by atoms with E-state index in [1.54, 1.807) is 18.7 Å². The maximum Gasteiger partial charge on any atom is 0.345 e. The van der Waals surface area contributed by atoms with Gasteiger partial charge in [-0.3, -0.25) is 4.79 Å². The summed E-state index contributed by atoms with van der Waals surface area (Å²) in [6, 6.07) is 0. The Labute approximate surface area is 133 Å². The van der Waals surface area contributed by atoms with E-state index in [9.17, 15) is 9.59 Å². The summed E-state index contributed by atoms with van der Waals surface area (Å²) in [6.07, 6.45) is -0.238. The molecule has 116 valence electrons. The molecular weight excluding hydrogens is 308 g/mol. The van der Waals surface area contributed by atoms with Gasteiger partial charge in [-0.25, -0.2) is 4.79 Å². The topological polar surface area (TPSA) is 49.9 Å². The molecule has 0 aromatic heterocycles. The van der Waals surface area contributed by atoms with Gasteiger partial charge in [0, 0.05) is 26.2 Å². The molecule has 0 saturated carbocycles. The van der Waals surface area contributed by atoms with Gasteiger partial charge in [0.2, 0.25) is 0 Å².